The number of amides is 1. The second-order valence-corrected chi connectivity index (χ2v) is 14.8. The Morgan fingerprint density at radius 2 is 1.79 bits per heavy atom. The number of halogens is 3. The van der Waals surface area contributed by atoms with E-state index in [4.69, 9.17) is 33.7 Å². The predicted molar refractivity (Wildman–Crippen MR) is 214 cm³/mol. The van der Waals surface area contributed by atoms with Crippen molar-refractivity contribution in [3.8, 4) is 6.07 Å². The molecular formula is C42H44F3N5O10S. The zero-order valence-corrected chi connectivity index (χ0v) is 33.9. The largest absolute Gasteiger partial charge is 0.464 e. The van der Waals surface area contributed by atoms with Gasteiger partial charge in [-0.15, -0.1) is 11.8 Å². The maximum absolute atomic E-state index is 15.8. The van der Waals surface area contributed by atoms with E-state index in [1.807, 2.05) is 6.07 Å². The molecule has 1 aliphatic heterocycles. The molecule has 61 heavy (non-hydrogen) atoms. The number of thioether (sulfide) groups is 1. The van der Waals surface area contributed by atoms with Crippen molar-refractivity contribution < 1.29 is 60.8 Å². The van der Waals surface area contributed by atoms with E-state index in [0.717, 1.165) is 12.1 Å². The topological polar surface area (TPSA) is 190 Å². The van der Waals surface area contributed by atoms with Gasteiger partial charge in [0, 0.05) is 28.9 Å². The number of carbonyl (C=O) groups is 4. The predicted octanol–water partition coefficient (Wildman–Crippen LogP) is 5.86. The fraction of sp³-hybridized carbons (Fsp3) is 0.357. The highest BCUT2D eigenvalue weighted by Gasteiger charge is 2.46. The van der Waals surface area contributed by atoms with Gasteiger partial charge in [0.15, 0.2) is 11.9 Å². The van der Waals surface area contributed by atoms with Crippen molar-refractivity contribution in [1.82, 2.24) is 20.1 Å². The van der Waals surface area contributed by atoms with Crippen LogP contribution in [0.15, 0.2) is 92.6 Å². The van der Waals surface area contributed by atoms with E-state index in [-0.39, 0.29) is 74.4 Å². The van der Waals surface area contributed by atoms with Crippen molar-refractivity contribution in [3.05, 3.63) is 127 Å². The van der Waals surface area contributed by atoms with Crippen molar-refractivity contribution in [3.63, 3.8) is 0 Å². The number of hydrogen-bond acceptors (Lipinski definition) is 14. The number of nitriles is 1. The van der Waals surface area contributed by atoms with Crippen LogP contribution in [0.2, 0.25) is 0 Å². The molecular weight excluding hydrogens is 824 g/mol. The third-order valence-corrected chi connectivity index (χ3v) is 10.1. The lowest BCUT2D eigenvalue weighted by Gasteiger charge is -2.40. The van der Waals surface area contributed by atoms with E-state index in [2.05, 4.69) is 28.6 Å². The third kappa shape index (κ3) is 14.8. The van der Waals surface area contributed by atoms with Crippen LogP contribution in [-0.4, -0.2) is 94.6 Å². The molecule has 0 aliphatic carbocycles. The molecule has 1 fully saturated rings. The Morgan fingerprint density at radius 3 is 2.46 bits per heavy atom. The van der Waals surface area contributed by atoms with Crippen molar-refractivity contribution in [2.75, 3.05) is 33.0 Å². The number of ether oxygens (including phenoxy) is 6. The highest BCUT2D eigenvalue weighted by atomic mass is 32.2. The summed E-state index contributed by atoms with van der Waals surface area (Å²) in [6.07, 6.45) is 8.80. The molecule has 0 unspecified atom stereocenters. The lowest BCUT2D eigenvalue weighted by atomic mass is 9.89. The SMILES string of the molecule is C=CCOC(=O)C[C@H](NC(=O)OCC=C)C(=O)OCCCC(=O)O[C@@](Cn1cncn1)(c1ccc(F)cc1F)[C@@H](C)S[C@H]1CO[C@H](/C=C/C=C/c2ccc(C#N)cc2F)OC1. The number of hydrogen-bond donors (Lipinski definition) is 1. The molecule has 1 aliphatic rings. The minimum Gasteiger partial charge on any atom is -0.464 e. The number of alkyl carbamates (subject to hydrolysis) is 1. The maximum atomic E-state index is 15.8. The molecule has 3 aromatic rings. The standard InChI is InChI=1S/C42H44F3N5O10S/c1-4-16-55-38(52)21-36(49-41(54)57-17-5-2)40(53)56-18-8-10-37(51)60-42(25-50-27-47-26-48-50,33-15-14-31(43)20-35(33)45)28(3)61-32-23-58-39(59-24-32)11-7-6-9-30-13-12-29(22-46)19-34(30)44/h4-7,9,11-15,19-20,26-28,32,36,39H,1-2,8,10,16-18,21,23-25H2,3H3,(H,49,54)/b9-6+,11-7+/t28-,32-,36+,39-,42-/m1/s1. The molecule has 2 aromatic carbocycles. The monoisotopic (exact) mass is 867 g/mol. The third-order valence-electron chi connectivity index (χ3n) is 8.69. The highest BCUT2D eigenvalue weighted by molar-refractivity contribution is 8.00. The van der Waals surface area contributed by atoms with Gasteiger partial charge in [-0.3, -0.25) is 9.59 Å². The van der Waals surface area contributed by atoms with E-state index in [9.17, 15) is 28.0 Å². The number of benzene rings is 2. The molecule has 3 atom stereocenters. The van der Waals surface area contributed by atoms with Gasteiger partial charge in [-0.25, -0.2) is 32.4 Å². The van der Waals surface area contributed by atoms with Crippen LogP contribution in [0, 0.1) is 28.8 Å². The normalized spacial score (nSPS) is 17.0. The second kappa shape index (κ2) is 24.1. The first-order valence-electron chi connectivity index (χ1n) is 18.8. The maximum Gasteiger partial charge on any atom is 0.408 e. The van der Waals surface area contributed by atoms with Crippen LogP contribution < -0.4 is 5.32 Å². The summed E-state index contributed by atoms with van der Waals surface area (Å²) in [7, 11) is 0. The summed E-state index contributed by atoms with van der Waals surface area (Å²) in [5, 5.41) is 14.2. The molecule has 15 nitrogen and oxygen atoms in total. The summed E-state index contributed by atoms with van der Waals surface area (Å²) >= 11 is 1.27. The number of nitrogens with zero attached hydrogens (tertiary/aromatic N) is 4. The Hall–Kier alpha value is -6.23. The van der Waals surface area contributed by atoms with E-state index in [1.165, 1.54) is 65.5 Å². The first kappa shape index (κ1) is 47.4. The van der Waals surface area contributed by atoms with Gasteiger partial charge in [-0.05, 0) is 43.7 Å². The molecule has 4 rings (SSSR count). The van der Waals surface area contributed by atoms with Crippen LogP contribution in [0.5, 0.6) is 0 Å². The Bertz CT molecular complexity index is 2060. The smallest absolute Gasteiger partial charge is 0.408 e. The average molecular weight is 868 g/mol. The fourth-order valence-electron chi connectivity index (χ4n) is 5.76. The molecule has 324 valence electrons. The van der Waals surface area contributed by atoms with Crippen molar-refractivity contribution in [1.29, 1.82) is 5.26 Å². The van der Waals surface area contributed by atoms with Crippen LogP contribution in [-0.2, 0) is 55.0 Å². The van der Waals surface area contributed by atoms with Gasteiger partial charge in [0.2, 0.25) is 0 Å². The fourth-order valence-corrected chi connectivity index (χ4v) is 7.12. The van der Waals surface area contributed by atoms with E-state index >= 15 is 4.39 Å². The zero-order valence-electron chi connectivity index (χ0n) is 33.1. The summed E-state index contributed by atoms with van der Waals surface area (Å²) in [6.45, 7) is 8.01. The van der Waals surface area contributed by atoms with E-state index < -0.39 is 71.1 Å². The first-order chi connectivity index (χ1) is 29.4. The molecule has 0 spiro atoms. The van der Waals surface area contributed by atoms with Crippen LogP contribution >= 0.6 is 11.8 Å². The number of esters is 3. The Kier molecular flexibility index (Phi) is 18.8. The summed E-state index contributed by atoms with van der Waals surface area (Å²) in [4.78, 5) is 54.9. The van der Waals surface area contributed by atoms with E-state index in [0.29, 0.717) is 6.07 Å². The zero-order chi connectivity index (χ0) is 44.2. The average Bonchev–Trinajstić information content (AvgIpc) is 3.75. The van der Waals surface area contributed by atoms with Gasteiger partial charge in [-0.1, -0.05) is 49.6 Å². The van der Waals surface area contributed by atoms with Gasteiger partial charge >= 0.3 is 24.0 Å². The lowest BCUT2D eigenvalue weighted by molar-refractivity contribution is -0.164. The van der Waals surface area contributed by atoms with Crippen LogP contribution in [0.1, 0.15) is 42.9 Å². The molecule has 2 heterocycles. The van der Waals surface area contributed by atoms with Crippen LogP contribution in [0.4, 0.5) is 18.0 Å². The van der Waals surface area contributed by atoms with Crippen LogP contribution in [0.25, 0.3) is 6.08 Å². The Balaban J connectivity index is 1.44. The molecule has 1 N–H and O–H groups in total. The number of carbonyl (C=O) groups excluding carboxylic acids is 4. The minimum atomic E-state index is -1.82. The van der Waals surface area contributed by atoms with Gasteiger partial charge in [0.05, 0.1) is 49.7 Å². The molecule has 0 radical (unpaired) electrons. The molecule has 0 saturated carbocycles. The van der Waals surface area contributed by atoms with Gasteiger partial charge in [0.25, 0.3) is 0 Å². The summed E-state index contributed by atoms with van der Waals surface area (Å²) < 4.78 is 78.5. The van der Waals surface area contributed by atoms with Crippen molar-refractivity contribution in [2.24, 2.45) is 0 Å². The molecule has 1 saturated heterocycles. The van der Waals surface area contributed by atoms with Crippen molar-refractivity contribution >= 4 is 41.8 Å². The lowest BCUT2D eigenvalue weighted by Crippen LogP contribution is -2.47. The van der Waals surface area contributed by atoms with Gasteiger partial charge < -0.3 is 33.7 Å². The number of aromatic nitrogens is 3. The highest BCUT2D eigenvalue weighted by Crippen LogP contribution is 2.42. The van der Waals surface area contributed by atoms with E-state index in [1.54, 1.807) is 25.2 Å². The van der Waals surface area contributed by atoms with Crippen LogP contribution in [0.3, 0.4) is 0 Å². The Labute approximate surface area is 354 Å². The first-order valence-corrected chi connectivity index (χ1v) is 19.7. The second-order valence-electron chi connectivity index (χ2n) is 13.1. The molecule has 1 aromatic heterocycles. The molecule has 0 bridgehead atoms. The molecule has 1 amide bonds. The minimum absolute atomic E-state index is 0.0945. The van der Waals surface area contributed by atoms with Gasteiger partial charge in [0.1, 0.15) is 49.4 Å². The van der Waals surface area contributed by atoms with Crippen molar-refractivity contribution in [2.45, 2.75) is 61.2 Å². The Morgan fingerprint density at radius 1 is 1.03 bits per heavy atom. The quantitative estimate of drug-likeness (QED) is 0.0415. The number of allylic oxidation sites excluding steroid dienone is 2. The summed E-state index contributed by atoms with van der Waals surface area (Å²) in [5.41, 5.74) is -1.47. The number of nitrogens with one attached hydrogen (secondary N) is 1. The summed E-state index contributed by atoms with van der Waals surface area (Å²) in [6, 6.07) is 7.43. The van der Waals surface area contributed by atoms with Gasteiger partial charge in [-0.2, -0.15) is 10.4 Å². The number of rotatable bonds is 22. The molecule has 19 heteroatoms. The summed E-state index contributed by atoms with van der Waals surface area (Å²) in [5.74, 6) is -5.06.